The molecule has 0 radical (unpaired) electrons. The molecule has 4 rings (SSSR count). The number of hydrazine groups is 1. The molecule has 5 nitrogen and oxygen atoms in total. The van der Waals surface area contributed by atoms with E-state index in [0.29, 0.717) is 13.0 Å². The Kier molecular flexibility index (Phi) is 3.34. The highest BCUT2D eigenvalue weighted by atomic mass is 35.5. The number of aliphatic hydroxyl groups is 1. The fraction of sp³-hybridized carbons (Fsp3) is 0.500. The van der Waals surface area contributed by atoms with E-state index in [0.717, 1.165) is 24.5 Å². The van der Waals surface area contributed by atoms with Gasteiger partial charge in [-0.05, 0) is 29.8 Å². The molecular formula is C16H19ClN2O3. The molecule has 0 bridgehead atoms. The molecule has 0 aromatic heterocycles. The van der Waals surface area contributed by atoms with Gasteiger partial charge in [0.25, 0.3) is 0 Å². The Bertz CT molecular complexity index is 636. The SMILES string of the molecule is COc1ccc2c3c1O[C@@H]1C[C@H](O)C=C[C@]31CCN(NCl)C2. The number of benzene rings is 1. The summed E-state index contributed by atoms with van der Waals surface area (Å²) < 4.78 is 11.7. The Morgan fingerprint density at radius 1 is 1.50 bits per heavy atom. The first-order valence-electron chi connectivity index (χ1n) is 7.53. The Labute approximate surface area is 134 Å². The van der Waals surface area contributed by atoms with Crippen LogP contribution in [0.2, 0.25) is 0 Å². The van der Waals surface area contributed by atoms with Gasteiger partial charge in [-0.15, -0.1) is 0 Å². The van der Waals surface area contributed by atoms with Crippen LogP contribution in [0.5, 0.6) is 11.5 Å². The predicted molar refractivity (Wildman–Crippen MR) is 82.9 cm³/mol. The van der Waals surface area contributed by atoms with Crippen LogP contribution in [-0.4, -0.2) is 36.0 Å². The van der Waals surface area contributed by atoms with Crippen LogP contribution in [0.25, 0.3) is 0 Å². The Hall–Kier alpha value is -1.27. The van der Waals surface area contributed by atoms with Crippen molar-refractivity contribution in [2.75, 3.05) is 13.7 Å². The van der Waals surface area contributed by atoms with Crippen molar-refractivity contribution in [2.45, 2.75) is 37.0 Å². The van der Waals surface area contributed by atoms with Crippen molar-refractivity contribution in [3.05, 3.63) is 35.4 Å². The molecule has 22 heavy (non-hydrogen) atoms. The number of rotatable bonds is 2. The maximum atomic E-state index is 9.99. The smallest absolute Gasteiger partial charge is 0.166 e. The zero-order valence-corrected chi connectivity index (χ0v) is 13.1. The largest absolute Gasteiger partial charge is 0.493 e. The summed E-state index contributed by atoms with van der Waals surface area (Å²) in [6, 6.07) is 4.02. The Morgan fingerprint density at radius 3 is 3.14 bits per heavy atom. The fourth-order valence-electron chi connectivity index (χ4n) is 4.01. The first-order chi connectivity index (χ1) is 10.7. The summed E-state index contributed by atoms with van der Waals surface area (Å²) in [6.07, 6.45) is 4.98. The maximum Gasteiger partial charge on any atom is 0.166 e. The van der Waals surface area contributed by atoms with Crippen LogP contribution in [0.1, 0.15) is 24.0 Å². The quantitative estimate of drug-likeness (QED) is 0.643. The molecule has 2 heterocycles. The van der Waals surface area contributed by atoms with Crippen molar-refractivity contribution in [3.8, 4) is 11.5 Å². The molecule has 3 atom stereocenters. The summed E-state index contributed by atoms with van der Waals surface area (Å²) >= 11 is 5.84. The second-order valence-corrected chi connectivity index (χ2v) is 6.37. The van der Waals surface area contributed by atoms with Crippen LogP contribution in [0.4, 0.5) is 0 Å². The molecule has 0 unspecified atom stereocenters. The number of nitrogens with one attached hydrogen (secondary N) is 1. The van der Waals surface area contributed by atoms with Crippen LogP contribution in [0.3, 0.4) is 0 Å². The summed E-state index contributed by atoms with van der Waals surface area (Å²) in [5.41, 5.74) is 2.17. The molecule has 0 saturated carbocycles. The summed E-state index contributed by atoms with van der Waals surface area (Å²) in [5.74, 6) is 1.57. The highest BCUT2D eigenvalue weighted by molar-refractivity contribution is 6.13. The normalized spacial score (nSPS) is 32.9. The molecule has 0 amide bonds. The van der Waals surface area contributed by atoms with Gasteiger partial charge in [0.2, 0.25) is 0 Å². The highest BCUT2D eigenvalue weighted by Crippen LogP contribution is 2.55. The van der Waals surface area contributed by atoms with E-state index in [2.05, 4.69) is 17.1 Å². The fourth-order valence-corrected chi connectivity index (χ4v) is 4.15. The lowest BCUT2D eigenvalue weighted by Crippen LogP contribution is -2.43. The average molecular weight is 323 g/mol. The topological polar surface area (TPSA) is 54.0 Å². The number of ether oxygens (including phenoxy) is 2. The lowest BCUT2D eigenvalue weighted by molar-refractivity contribution is 0.0798. The first kappa shape index (κ1) is 14.3. The van der Waals surface area contributed by atoms with Crippen molar-refractivity contribution in [3.63, 3.8) is 0 Å². The van der Waals surface area contributed by atoms with E-state index in [-0.39, 0.29) is 11.5 Å². The molecular weight excluding hydrogens is 304 g/mol. The molecule has 1 aliphatic carbocycles. The van der Waals surface area contributed by atoms with Gasteiger partial charge in [0.05, 0.1) is 18.6 Å². The Balaban J connectivity index is 1.92. The standard InChI is InChI=1S/C16H19ClN2O3/c1-21-12-3-2-10-9-19(18-17)7-6-16-5-4-11(20)8-13(16)22-15(12)14(10)16/h2-5,11,13,18,20H,6-9H2,1H3/t11-,13-,16-/m1/s1. The Morgan fingerprint density at radius 2 is 2.36 bits per heavy atom. The van der Waals surface area contributed by atoms with Crippen molar-refractivity contribution in [1.29, 1.82) is 0 Å². The maximum absolute atomic E-state index is 9.99. The second kappa shape index (κ2) is 5.13. The molecule has 118 valence electrons. The zero-order chi connectivity index (χ0) is 15.3. The molecule has 0 fully saturated rings. The molecule has 2 aliphatic heterocycles. The molecule has 0 saturated heterocycles. The van der Waals surface area contributed by atoms with E-state index in [1.165, 1.54) is 11.1 Å². The van der Waals surface area contributed by atoms with Gasteiger partial charge in [-0.1, -0.05) is 18.2 Å². The third-order valence-electron chi connectivity index (χ3n) is 5.08. The number of aliphatic hydroxyl groups excluding tert-OH is 1. The monoisotopic (exact) mass is 322 g/mol. The molecule has 6 heteroatoms. The van der Waals surface area contributed by atoms with E-state index in [1.54, 1.807) is 7.11 Å². The number of nitrogens with zero attached hydrogens (tertiary/aromatic N) is 1. The van der Waals surface area contributed by atoms with Crippen LogP contribution >= 0.6 is 11.8 Å². The molecule has 2 N–H and O–H groups in total. The van der Waals surface area contributed by atoms with Gasteiger partial charge in [0.1, 0.15) is 6.10 Å². The third kappa shape index (κ3) is 1.90. The second-order valence-electron chi connectivity index (χ2n) is 6.20. The van der Waals surface area contributed by atoms with E-state index in [9.17, 15) is 5.11 Å². The summed E-state index contributed by atoms with van der Waals surface area (Å²) in [5, 5.41) is 12.0. The minimum absolute atomic E-state index is 0.0622. The highest BCUT2D eigenvalue weighted by Gasteiger charge is 2.52. The van der Waals surface area contributed by atoms with Crippen LogP contribution < -0.4 is 14.4 Å². The average Bonchev–Trinajstić information content (AvgIpc) is 2.76. The van der Waals surface area contributed by atoms with E-state index in [1.807, 2.05) is 17.2 Å². The van der Waals surface area contributed by atoms with Gasteiger partial charge >= 0.3 is 0 Å². The van der Waals surface area contributed by atoms with Gasteiger partial charge in [-0.25, -0.2) is 5.01 Å². The predicted octanol–water partition coefficient (Wildman–Crippen LogP) is 1.88. The minimum Gasteiger partial charge on any atom is -0.493 e. The zero-order valence-electron chi connectivity index (χ0n) is 12.4. The lowest BCUT2D eigenvalue weighted by atomic mass is 9.69. The summed E-state index contributed by atoms with van der Waals surface area (Å²) in [6.45, 7) is 1.52. The van der Waals surface area contributed by atoms with Gasteiger partial charge in [0.15, 0.2) is 11.5 Å². The van der Waals surface area contributed by atoms with Crippen molar-refractivity contribution in [1.82, 2.24) is 9.95 Å². The lowest BCUT2D eigenvalue weighted by Gasteiger charge is -2.35. The molecule has 1 aromatic rings. The summed E-state index contributed by atoms with van der Waals surface area (Å²) in [4.78, 5) is 2.74. The van der Waals surface area contributed by atoms with Crippen LogP contribution in [0, 0.1) is 0 Å². The van der Waals surface area contributed by atoms with Crippen molar-refractivity contribution in [2.24, 2.45) is 0 Å². The van der Waals surface area contributed by atoms with E-state index in [4.69, 9.17) is 21.3 Å². The van der Waals surface area contributed by atoms with Crippen molar-refractivity contribution >= 4 is 11.8 Å². The minimum atomic E-state index is -0.454. The molecule has 1 aromatic carbocycles. The van der Waals surface area contributed by atoms with Crippen LogP contribution in [-0.2, 0) is 12.0 Å². The van der Waals surface area contributed by atoms with Gasteiger partial charge in [-0.2, -0.15) is 4.94 Å². The van der Waals surface area contributed by atoms with Crippen molar-refractivity contribution < 1.29 is 14.6 Å². The molecule has 3 aliphatic rings. The number of halogens is 1. The van der Waals surface area contributed by atoms with Gasteiger partial charge in [0, 0.05) is 25.1 Å². The number of hydrogen-bond acceptors (Lipinski definition) is 5. The van der Waals surface area contributed by atoms with Gasteiger partial charge < -0.3 is 14.6 Å². The first-order valence-corrected chi connectivity index (χ1v) is 7.91. The van der Waals surface area contributed by atoms with Crippen LogP contribution in [0.15, 0.2) is 24.3 Å². The van der Waals surface area contributed by atoms with E-state index < -0.39 is 6.10 Å². The summed E-state index contributed by atoms with van der Waals surface area (Å²) in [7, 11) is 1.66. The molecule has 1 spiro atoms. The third-order valence-corrected chi connectivity index (χ3v) is 5.31. The number of methoxy groups -OCH3 is 1. The van der Waals surface area contributed by atoms with E-state index >= 15 is 0 Å². The van der Waals surface area contributed by atoms with Gasteiger partial charge in [-0.3, -0.25) is 0 Å². The number of hydrogen-bond donors (Lipinski definition) is 2.